The molecule has 2 nitrogen and oxygen atoms in total. The van der Waals surface area contributed by atoms with E-state index in [0.29, 0.717) is 0 Å². The lowest BCUT2D eigenvalue weighted by Gasteiger charge is -2.23. The first-order valence-electron chi connectivity index (χ1n) is 21.1. The van der Waals surface area contributed by atoms with Gasteiger partial charge in [0.25, 0.3) is 0 Å². The number of para-hydroxylation sites is 2. The maximum Gasteiger partial charge on any atom is 0.0985 e. The second-order valence-corrected chi connectivity index (χ2v) is 17.7. The average molecular weight is 767 g/mol. The van der Waals surface area contributed by atoms with Crippen molar-refractivity contribution in [1.82, 2.24) is 9.97 Å². The van der Waals surface area contributed by atoms with Crippen molar-refractivity contribution in [3.8, 4) is 67.0 Å². The van der Waals surface area contributed by atoms with Crippen molar-refractivity contribution >= 4 is 32.6 Å². The molecule has 12 rings (SSSR count). The summed E-state index contributed by atoms with van der Waals surface area (Å²) in [5, 5.41) is 4.72. The Bertz CT molecular complexity index is 3430. The topological polar surface area (TPSA) is 25.8 Å². The summed E-state index contributed by atoms with van der Waals surface area (Å²) < 4.78 is 0. The summed E-state index contributed by atoms with van der Waals surface area (Å²) in [6.07, 6.45) is 0. The van der Waals surface area contributed by atoms with E-state index in [0.717, 1.165) is 44.3 Å². The maximum atomic E-state index is 5.51. The van der Waals surface area contributed by atoms with Gasteiger partial charge in [-0.25, -0.2) is 9.97 Å². The molecule has 2 aliphatic carbocycles. The van der Waals surface area contributed by atoms with E-state index in [1.807, 2.05) is 6.07 Å². The Hall–Kier alpha value is -7.16. The van der Waals surface area contributed by atoms with E-state index in [9.17, 15) is 0 Å². The van der Waals surface area contributed by atoms with Gasteiger partial charge in [-0.3, -0.25) is 0 Å². The summed E-state index contributed by atoms with van der Waals surface area (Å²) >= 11 is 0. The van der Waals surface area contributed by atoms with Gasteiger partial charge < -0.3 is 0 Å². The van der Waals surface area contributed by atoms with Crippen molar-refractivity contribution in [2.24, 2.45) is 0 Å². The first-order chi connectivity index (χ1) is 29.3. The molecule has 60 heavy (non-hydrogen) atoms. The molecule has 0 amide bonds. The summed E-state index contributed by atoms with van der Waals surface area (Å²) in [7, 11) is 0. The molecule has 0 saturated heterocycles. The van der Waals surface area contributed by atoms with Crippen LogP contribution in [0.15, 0.2) is 182 Å². The zero-order valence-corrected chi connectivity index (χ0v) is 34.2. The molecule has 0 N–H and O–H groups in total. The van der Waals surface area contributed by atoms with Crippen molar-refractivity contribution in [1.29, 1.82) is 0 Å². The van der Waals surface area contributed by atoms with Gasteiger partial charge in [-0.2, -0.15) is 0 Å². The molecule has 0 aliphatic heterocycles. The third-order valence-electron chi connectivity index (χ3n) is 13.7. The van der Waals surface area contributed by atoms with Gasteiger partial charge in [-0.05, 0) is 119 Å². The van der Waals surface area contributed by atoms with Crippen LogP contribution in [0.5, 0.6) is 0 Å². The summed E-state index contributed by atoms with van der Waals surface area (Å²) in [6.45, 7) is 9.47. The van der Waals surface area contributed by atoms with Crippen molar-refractivity contribution < 1.29 is 0 Å². The lowest BCUT2D eigenvalue weighted by Crippen LogP contribution is -2.15. The molecule has 0 spiro atoms. The summed E-state index contributed by atoms with van der Waals surface area (Å²) in [5.74, 6) is 0. The van der Waals surface area contributed by atoms with Crippen LogP contribution < -0.4 is 0 Å². The van der Waals surface area contributed by atoms with Crippen molar-refractivity contribution in [3.63, 3.8) is 0 Å². The van der Waals surface area contributed by atoms with Crippen LogP contribution in [0.25, 0.3) is 99.6 Å². The summed E-state index contributed by atoms with van der Waals surface area (Å²) in [5.41, 5.74) is 21.2. The highest BCUT2D eigenvalue weighted by Gasteiger charge is 2.37. The molecule has 0 unspecified atom stereocenters. The molecule has 0 saturated carbocycles. The highest BCUT2D eigenvalue weighted by Crippen LogP contribution is 2.53. The smallest absolute Gasteiger partial charge is 0.0985 e. The van der Waals surface area contributed by atoms with Gasteiger partial charge >= 0.3 is 0 Å². The predicted molar refractivity (Wildman–Crippen MR) is 251 cm³/mol. The van der Waals surface area contributed by atoms with Crippen LogP contribution in [0.2, 0.25) is 0 Å². The molecule has 1 heterocycles. The SMILES string of the molecule is CC1(C)c2ccccc2-c2ccc(-c3ccc4c(-c5nc6ccccc6nc5-c5ccccc5)c5ccccc5c(-c5ccc6c(c5)C(C)(C)c5ccccc5-6)c4c3)cc21. The zero-order chi connectivity index (χ0) is 40.3. The second kappa shape index (κ2) is 12.7. The Kier molecular flexibility index (Phi) is 7.36. The highest BCUT2D eigenvalue weighted by atomic mass is 14.8. The summed E-state index contributed by atoms with van der Waals surface area (Å²) in [4.78, 5) is 10.9. The molecule has 0 fully saturated rings. The minimum absolute atomic E-state index is 0.0926. The Balaban J connectivity index is 1.17. The Morgan fingerprint density at radius 1 is 0.300 bits per heavy atom. The lowest BCUT2D eigenvalue weighted by molar-refractivity contribution is 0.660. The number of hydrogen-bond donors (Lipinski definition) is 0. The fourth-order valence-corrected chi connectivity index (χ4v) is 10.6. The van der Waals surface area contributed by atoms with Crippen LogP contribution in [0.3, 0.4) is 0 Å². The second-order valence-electron chi connectivity index (χ2n) is 17.7. The number of rotatable bonds is 4. The normalized spacial score (nSPS) is 14.3. The zero-order valence-electron chi connectivity index (χ0n) is 34.2. The average Bonchev–Trinajstić information content (AvgIpc) is 3.66. The van der Waals surface area contributed by atoms with E-state index in [1.165, 1.54) is 77.5 Å². The number of hydrogen-bond acceptors (Lipinski definition) is 2. The van der Waals surface area contributed by atoms with Gasteiger partial charge in [0.15, 0.2) is 0 Å². The van der Waals surface area contributed by atoms with Gasteiger partial charge in [-0.1, -0.05) is 179 Å². The first kappa shape index (κ1) is 34.8. The molecule has 0 bridgehead atoms. The Morgan fingerprint density at radius 2 is 0.750 bits per heavy atom. The van der Waals surface area contributed by atoms with E-state index >= 15 is 0 Å². The van der Waals surface area contributed by atoms with Gasteiger partial charge in [0.1, 0.15) is 0 Å². The Labute approximate surface area is 350 Å². The minimum Gasteiger partial charge on any atom is -0.244 e. The fourth-order valence-electron chi connectivity index (χ4n) is 10.6. The highest BCUT2D eigenvalue weighted by molar-refractivity contribution is 6.22. The molecule has 0 atom stereocenters. The van der Waals surface area contributed by atoms with E-state index < -0.39 is 0 Å². The molecule has 9 aromatic carbocycles. The van der Waals surface area contributed by atoms with Gasteiger partial charge in [0, 0.05) is 22.0 Å². The molecular weight excluding hydrogens is 725 g/mol. The monoisotopic (exact) mass is 766 g/mol. The number of aromatic nitrogens is 2. The molecule has 2 heteroatoms. The van der Waals surface area contributed by atoms with Crippen LogP contribution in [0.1, 0.15) is 49.9 Å². The maximum absolute atomic E-state index is 5.51. The number of fused-ring (bicyclic) bond motifs is 9. The largest absolute Gasteiger partial charge is 0.244 e. The minimum atomic E-state index is -0.126. The van der Waals surface area contributed by atoms with Crippen molar-refractivity contribution in [2.75, 3.05) is 0 Å². The number of nitrogens with zero attached hydrogens (tertiary/aromatic N) is 2. The fraction of sp³-hybridized carbons (Fsp3) is 0.103. The van der Waals surface area contributed by atoms with Crippen LogP contribution in [0, 0.1) is 0 Å². The van der Waals surface area contributed by atoms with E-state index in [1.54, 1.807) is 0 Å². The van der Waals surface area contributed by atoms with Crippen LogP contribution >= 0.6 is 0 Å². The summed E-state index contributed by atoms with van der Waals surface area (Å²) in [6, 6.07) is 66.9. The molecule has 10 aromatic rings. The van der Waals surface area contributed by atoms with Gasteiger partial charge in [-0.15, -0.1) is 0 Å². The lowest BCUT2D eigenvalue weighted by atomic mass is 9.80. The number of benzene rings is 9. The predicted octanol–water partition coefficient (Wildman–Crippen LogP) is 15.2. The van der Waals surface area contributed by atoms with Gasteiger partial charge in [0.2, 0.25) is 0 Å². The molecule has 2 aliphatic rings. The molecule has 284 valence electrons. The molecular formula is C58H42N2. The third-order valence-corrected chi connectivity index (χ3v) is 13.7. The molecule has 0 radical (unpaired) electrons. The standard InChI is InChI=1S/C58H42N2/c1-57(2)47-22-12-10-18-39(47)41-29-26-37(33-49(41)57)36-27-31-45-46(32-36)53(38-28-30-42-40-19-11-13-23-48(40)58(3,4)50(42)34-38)43-20-8-9-21-44(43)54(45)56-55(35-16-6-5-7-17-35)59-51-24-14-15-25-52(51)60-56/h5-34H,1-4H3. The van der Waals surface area contributed by atoms with E-state index in [-0.39, 0.29) is 10.8 Å². The molecule has 1 aromatic heterocycles. The van der Waals surface area contributed by atoms with Gasteiger partial charge in [0.05, 0.1) is 22.4 Å². The van der Waals surface area contributed by atoms with Crippen LogP contribution in [-0.2, 0) is 10.8 Å². The van der Waals surface area contributed by atoms with Crippen LogP contribution in [-0.4, -0.2) is 9.97 Å². The van der Waals surface area contributed by atoms with E-state index in [2.05, 4.69) is 204 Å². The Morgan fingerprint density at radius 3 is 1.40 bits per heavy atom. The van der Waals surface area contributed by atoms with E-state index in [4.69, 9.17) is 9.97 Å². The van der Waals surface area contributed by atoms with Crippen molar-refractivity contribution in [3.05, 3.63) is 204 Å². The third kappa shape index (κ3) is 4.94. The van der Waals surface area contributed by atoms with Crippen LogP contribution in [0.4, 0.5) is 0 Å². The first-order valence-corrected chi connectivity index (χ1v) is 21.1. The quantitative estimate of drug-likeness (QED) is 0.167. The van der Waals surface area contributed by atoms with Crippen molar-refractivity contribution in [2.45, 2.75) is 38.5 Å².